The van der Waals surface area contributed by atoms with Crippen LogP contribution >= 0.6 is 0 Å². The fourth-order valence-electron chi connectivity index (χ4n) is 2.99. The van der Waals surface area contributed by atoms with Gasteiger partial charge in [0.2, 0.25) is 5.91 Å². The van der Waals surface area contributed by atoms with Crippen molar-refractivity contribution in [2.24, 2.45) is 0 Å². The van der Waals surface area contributed by atoms with Crippen molar-refractivity contribution in [1.82, 2.24) is 10.2 Å². The number of halogens is 2. The molecule has 25 heavy (non-hydrogen) atoms. The lowest BCUT2D eigenvalue weighted by atomic mass is 9.85. The third-order valence-electron chi connectivity index (χ3n) is 4.28. The Morgan fingerprint density at radius 2 is 2.04 bits per heavy atom. The topological polar surface area (TPSA) is 78.9 Å². The van der Waals surface area contributed by atoms with E-state index in [0.29, 0.717) is 24.9 Å². The molecule has 1 aliphatic rings. The molecule has 0 aliphatic heterocycles. The molecule has 2 rings (SSSR count). The van der Waals surface area contributed by atoms with E-state index in [0.717, 1.165) is 0 Å². The first kappa shape index (κ1) is 19.1. The number of carbonyl (C=O) groups excluding carboxylic acids is 1. The number of aliphatic carboxylic acids is 1. The Morgan fingerprint density at radius 1 is 1.36 bits per heavy atom. The van der Waals surface area contributed by atoms with Gasteiger partial charge in [0.05, 0.1) is 13.0 Å². The van der Waals surface area contributed by atoms with Crippen molar-refractivity contribution in [2.75, 3.05) is 13.1 Å². The molecule has 0 unspecified atom stereocenters. The van der Waals surface area contributed by atoms with Crippen molar-refractivity contribution in [1.29, 1.82) is 0 Å². The number of alkyl halides is 2. The van der Waals surface area contributed by atoms with Crippen LogP contribution in [0.3, 0.4) is 0 Å². The van der Waals surface area contributed by atoms with E-state index in [1.54, 1.807) is 18.2 Å². The van der Waals surface area contributed by atoms with E-state index in [1.165, 1.54) is 6.07 Å². The van der Waals surface area contributed by atoms with Gasteiger partial charge in [-0.3, -0.25) is 14.5 Å². The summed E-state index contributed by atoms with van der Waals surface area (Å²) >= 11 is 0. The molecule has 1 aliphatic carbocycles. The molecule has 0 saturated heterocycles. The minimum atomic E-state index is -2.94. The molecule has 0 atom stereocenters. The molecular formula is C17H22F2N2O4. The highest BCUT2D eigenvalue weighted by molar-refractivity contribution is 5.79. The van der Waals surface area contributed by atoms with Gasteiger partial charge in [-0.15, -0.1) is 0 Å². The fourth-order valence-corrected chi connectivity index (χ4v) is 2.99. The number of ether oxygens (including phenoxy) is 1. The molecule has 0 heterocycles. The molecule has 138 valence electrons. The number of carboxylic acid groups (broad SMARTS) is 1. The van der Waals surface area contributed by atoms with Gasteiger partial charge in [-0.05, 0) is 25.5 Å². The average molecular weight is 356 g/mol. The molecule has 6 nitrogen and oxygen atoms in total. The van der Waals surface area contributed by atoms with Crippen LogP contribution in [0.4, 0.5) is 8.78 Å². The second-order valence-electron chi connectivity index (χ2n) is 6.01. The van der Waals surface area contributed by atoms with Crippen LogP contribution in [0.5, 0.6) is 5.75 Å². The summed E-state index contributed by atoms with van der Waals surface area (Å²) in [7, 11) is 0. The van der Waals surface area contributed by atoms with Gasteiger partial charge in [0, 0.05) is 17.6 Å². The minimum absolute atomic E-state index is 0.00208. The summed E-state index contributed by atoms with van der Waals surface area (Å²) in [6.07, 6.45) is 1.32. The van der Waals surface area contributed by atoms with E-state index >= 15 is 0 Å². The molecule has 0 aromatic heterocycles. The zero-order valence-corrected chi connectivity index (χ0v) is 14.0. The minimum Gasteiger partial charge on any atom is -0.480 e. The van der Waals surface area contributed by atoms with Gasteiger partial charge < -0.3 is 15.2 Å². The van der Waals surface area contributed by atoms with Crippen LogP contribution in [0.1, 0.15) is 25.3 Å². The zero-order chi connectivity index (χ0) is 18.4. The van der Waals surface area contributed by atoms with Gasteiger partial charge in [-0.2, -0.15) is 8.78 Å². The highest BCUT2D eigenvalue weighted by Crippen LogP contribution is 2.26. The highest BCUT2D eigenvalue weighted by Gasteiger charge is 2.34. The lowest BCUT2D eigenvalue weighted by Gasteiger charge is -2.42. The highest BCUT2D eigenvalue weighted by atomic mass is 19.3. The van der Waals surface area contributed by atoms with Crippen molar-refractivity contribution in [3.63, 3.8) is 0 Å². The van der Waals surface area contributed by atoms with E-state index < -0.39 is 12.6 Å². The Labute approximate surface area is 144 Å². The van der Waals surface area contributed by atoms with Crippen molar-refractivity contribution in [2.45, 2.75) is 44.9 Å². The molecule has 1 aromatic rings. The number of hydrogen-bond acceptors (Lipinski definition) is 4. The molecule has 2 N–H and O–H groups in total. The lowest BCUT2D eigenvalue weighted by Crippen LogP contribution is -2.55. The quantitative estimate of drug-likeness (QED) is 0.706. The molecule has 1 aromatic carbocycles. The molecule has 0 spiro atoms. The second-order valence-corrected chi connectivity index (χ2v) is 6.01. The van der Waals surface area contributed by atoms with Crippen LogP contribution in [0, 0.1) is 0 Å². The first-order valence-corrected chi connectivity index (χ1v) is 8.17. The largest absolute Gasteiger partial charge is 0.480 e. The molecule has 1 fully saturated rings. The maximum absolute atomic E-state index is 12.4. The van der Waals surface area contributed by atoms with Crippen molar-refractivity contribution in [3.05, 3.63) is 29.8 Å². The summed E-state index contributed by atoms with van der Waals surface area (Å²) in [6.45, 7) is -0.420. The summed E-state index contributed by atoms with van der Waals surface area (Å²) in [6, 6.07) is 6.32. The Balaban J connectivity index is 1.82. The Morgan fingerprint density at radius 3 is 2.64 bits per heavy atom. The molecule has 8 heteroatoms. The first-order chi connectivity index (χ1) is 11.9. The predicted molar refractivity (Wildman–Crippen MR) is 86.6 cm³/mol. The van der Waals surface area contributed by atoms with Crippen LogP contribution in [0.2, 0.25) is 0 Å². The lowest BCUT2D eigenvalue weighted by molar-refractivity contribution is -0.139. The van der Waals surface area contributed by atoms with Gasteiger partial charge in [0.15, 0.2) is 0 Å². The van der Waals surface area contributed by atoms with Crippen molar-refractivity contribution in [3.8, 4) is 5.75 Å². The molecular weight excluding hydrogens is 334 g/mol. The number of amides is 1. The van der Waals surface area contributed by atoms with Gasteiger partial charge in [0.25, 0.3) is 0 Å². The standard InChI is InChI=1S/C17H22F2N2O4/c1-2-21(10-16(23)24)13-8-12(9-13)20-15(22)7-11-5-3-4-6-14(11)25-17(18)19/h3-6,12-13,17H,2,7-10H2,1H3,(H,20,22)(H,23,24). The first-order valence-electron chi connectivity index (χ1n) is 8.17. The molecule has 0 bridgehead atoms. The number of carboxylic acids is 1. The Kier molecular flexibility index (Phi) is 6.69. The van der Waals surface area contributed by atoms with Crippen LogP contribution in [0.15, 0.2) is 24.3 Å². The van der Waals surface area contributed by atoms with Crippen LogP contribution in [-0.4, -0.2) is 53.7 Å². The van der Waals surface area contributed by atoms with Crippen molar-refractivity contribution >= 4 is 11.9 Å². The van der Waals surface area contributed by atoms with E-state index in [1.807, 2.05) is 11.8 Å². The summed E-state index contributed by atoms with van der Waals surface area (Å²) in [5.41, 5.74) is 0.400. The van der Waals surface area contributed by atoms with E-state index in [-0.39, 0.29) is 36.7 Å². The third-order valence-corrected chi connectivity index (χ3v) is 4.28. The number of nitrogens with zero attached hydrogens (tertiary/aromatic N) is 1. The van der Waals surface area contributed by atoms with E-state index in [4.69, 9.17) is 5.11 Å². The monoisotopic (exact) mass is 356 g/mol. The normalized spacial score (nSPS) is 19.6. The van der Waals surface area contributed by atoms with Crippen LogP contribution in [0.25, 0.3) is 0 Å². The molecule has 0 radical (unpaired) electrons. The SMILES string of the molecule is CCN(CC(=O)O)C1CC(NC(=O)Cc2ccccc2OC(F)F)C1. The number of likely N-dealkylation sites (N-methyl/N-ethyl adjacent to an activating group) is 1. The van der Waals surface area contributed by atoms with Gasteiger partial charge in [0.1, 0.15) is 5.75 Å². The molecule has 1 amide bonds. The number of benzene rings is 1. The summed E-state index contributed by atoms with van der Waals surface area (Å²) in [4.78, 5) is 24.8. The number of rotatable bonds is 9. The van der Waals surface area contributed by atoms with Crippen LogP contribution in [-0.2, 0) is 16.0 Å². The maximum atomic E-state index is 12.4. The van der Waals surface area contributed by atoms with Gasteiger partial charge >= 0.3 is 12.6 Å². The van der Waals surface area contributed by atoms with E-state index in [9.17, 15) is 18.4 Å². The second kappa shape index (κ2) is 8.75. The summed E-state index contributed by atoms with van der Waals surface area (Å²) in [5, 5.41) is 11.7. The summed E-state index contributed by atoms with van der Waals surface area (Å²) < 4.78 is 29.2. The summed E-state index contributed by atoms with van der Waals surface area (Å²) in [5.74, 6) is -1.14. The zero-order valence-electron chi connectivity index (χ0n) is 14.0. The molecule has 1 saturated carbocycles. The number of carbonyl (C=O) groups is 2. The maximum Gasteiger partial charge on any atom is 0.387 e. The smallest absolute Gasteiger partial charge is 0.387 e. The Bertz CT molecular complexity index is 606. The van der Waals surface area contributed by atoms with E-state index in [2.05, 4.69) is 10.1 Å². The van der Waals surface area contributed by atoms with Gasteiger partial charge in [-0.25, -0.2) is 0 Å². The van der Waals surface area contributed by atoms with Crippen molar-refractivity contribution < 1.29 is 28.2 Å². The fraction of sp³-hybridized carbons (Fsp3) is 0.529. The number of para-hydroxylation sites is 1. The van der Waals surface area contributed by atoms with Gasteiger partial charge in [-0.1, -0.05) is 25.1 Å². The number of nitrogens with one attached hydrogen (secondary N) is 1. The number of hydrogen-bond donors (Lipinski definition) is 2. The Hall–Kier alpha value is -2.22. The predicted octanol–water partition coefficient (Wildman–Crippen LogP) is 1.88. The van der Waals surface area contributed by atoms with Crippen LogP contribution < -0.4 is 10.1 Å². The average Bonchev–Trinajstić information content (AvgIpc) is 2.49. The third kappa shape index (κ3) is 5.67.